The Kier molecular flexibility index (Phi) is 5.53. The van der Waals surface area contributed by atoms with Crippen LogP contribution in [-0.2, 0) is 0 Å². The van der Waals surface area contributed by atoms with Crippen LogP contribution in [0.4, 0.5) is 5.69 Å². The molecule has 2 heteroatoms. The van der Waals surface area contributed by atoms with E-state index in [-0.39, 0.29) is 0 Å². The van der Waals surface area contributed by atoms with Crippen LogP contribution in [0, 0.1) is 0 Å². The highest BCUT2D eigenvalue weighted by atomic mass is 31.2. The summed E-state index contributed by atoms with van der Waals surface area (Å²) in [5, 5.41) is 3.72. The summed E-state index contributed by atoms with van der Waals surface area (Å²) in [7, 11) is 0. The van der Waals surface area contributed by atoms with Gasteiger partial charge in [0.2, 0.25) is 0 Å². The van der Waals surface area contributed by atoms with E-state index in [1.54, 1.807) is 0 Å². The first-order valence-corrected chi connectivity index (χ1v) is 11.0. The van der Waals surface area contributed by atoms with E-state index in [4.69, 9.17) is 0 Å². The lowest BCUT2D eigenvalue weighted by molar-refractivity contribution is 1.55. The van der Waals surface area contributed by atoms with Crippen LogP contribution in [0.15, 0.2) is 126 Å². The van der Waals surface area contributed by atoms with Crippen molar-refractivity contribution in [2.75, 3.05) is 0 Å². The fourth-order valence-electron chi connectivity index (χ4n) is 3.26. The normalized spacial score (nSPS) is 10.6. The molecule has 28 heavy (non-hydrogen) atoms. The quantitative estimate of drug-likeness (QED) is 0.353. The van der Waals surface area contributed by atoms with Gasteiger partial charge in [-0.1, -0.05) is 109 Å². The zero-order chi connectivity index (χ0) is 19.1. The third-order valence-electron chi connectivity index (χ3n) is 4.59. The SMILES string of the molecule is C(=C=P(c1ccccc1)(c1ccccc1)c1ccccc1)=Nc1ccccc1. The van der Waals surface area contributed by atoms with Crippen LogP contribution in [0.5, 0.6) is 0 Å². The van der Waals surface area contributed by atoms with Crippen molar-refractivity contribution < 1.29 is 0 Å². The molecular formula is C26H20NP. The average Bonchev–Trinajstić information content (AvgIpc) is 2.79. The number of nitrogens with zero attached hydrogens (tertiary/aromatic N) is 1. The van der Waals surface area contributed by atoms with Crippen molar-refractivity contribution in [1.29, 1.82) is 0 Å². The number of rotatable bonds is 4. The molecule has 0 bridgehead atoms. The molecule has 0 radical (unpaired) electrons. The zero-order valence-corrected chi connectivity index (χ0v) is 16.3. The van der Waals surface area contributed by atoms with Gasteiger partial charge < -0.3 is 0 Å². The molecule has 0 N–H and O–H groups in total. The van der Waals surface area contributed by atoms with E-state index in [2.05, 4.69) is 107 Å². The number of aliphatic imine (C=N–C) groups is 1. The summed E-state index contributed by atoms with van der Waals surface area (Å²) >= 11 is 0. The van der Waals surface area contributed by atoms with Gasteiger partial charge in [0.05, 0.1) is 5.69 Å². The summed E-state index contributed by atoms with van der Waals surface area (Å²) in [6.07, 6.45) is 0. The van der Waals surface area contributed by atoms with E-state index in [1.165, 1.54) is 15.9 Å². The van der Waals surface area contributed by atoms with Crippen molar-refractivity contribution in [3.8, 4) is 0 Å². The highest BCUT2D eigenvalue weighted by molar-refractivity contribution is 7.94. The predicted octanol–water partition coefficient (Wildman–Crippen LogP) is 4.94. The first-order chi connectivity index (χ1) is 13.9. The largest absolute Gasteiger partial charge is 0.198 e. The highest BCUT2D eigenvalue weighted by Gasteiger charge is 2.24. The summed E-state index contributed by atoms with van der Waals surface area (Å²) in [5.74, 6) is 3.16. The van der Waals surface area contributed by atoms with E-state index in [0.717, 1.165) is 5.69 Å². The molecule has 0 aromatic heterocycles. The first kappa shape index (κ1) is 18.1. The first-order valence-electron chi connectivity index (χ1n) is 9.23. The molecule has 0 atom stereocenters. The van der Waals surface area contributed by atoms with Crippen LogP contribution in [-0.4, -0.2) is 11.3 Å². The summed E-state index contributed by atoms with van der Waals surface area (Å²) in [5.41, 5.74) is 4.50. The van der Waals surface area contributed by atoms with Gasteiger partial charge in [0, 0.05) is 12.8 Å². The Bertz CT molecular complexity index is 1050. The van der Waals surface area contributed by atoms with Crippen LogP contribution in [0.3, 0.4) is 0 Å². The van der Waals surface area contributed by atoms with Crippen molar-refractivity contribution >= 4 is 39.8 Å². The van der Waals surface area contributed by atoms with Gasteiger partial charge in [-0.15, -0.1) is 0 Å². The molecule has 0 saturated heterocycles. The van der Waals surface area contributed by atoms with Gasteiger partial charge in [0.25, 0.3) is 0 Å². The van der Waals surface area contributed by atoms with Crippen molar-refractivity contribution in [2.45, 2.75) is 0 Å². The van der Waals surface area contributed by atoms with Gasteiger partial charge in [-0.2, -0.15) is 4.99 Å². The molecule has 4 aromatic rings. The maximum absolute atomic E-state index is 4.53. The van der Waals surface area contributed by atoms with Crippen LogP contribution < -0.4 is 15.9 Å². The number of hydrogen-bond acceptors (Lipinski definition) is 1. The van der Waals surface area contributed by atoms with Crippen molar-refractivity contribution in [3.63, 3.8) is 0 Å². The van der Waals surface area contributed by atoms with Gasteiger partial charge in [0.15, 0.2) is 0 Å². The third-order valence-corrected chi connectivity index (χ3v) is 8.24. The molecule has 0 saturated carbocycles. The van der Waals surface area contributed by atoms with Crippen molar-refractivity contribution in [1.82, 2.24) is 0 Å². The third kappa shape index (κ3) is 3.70. The molecule has 0 aliphatic rings. The van der Waals surface area contributed by atoms with E-state index in [9.17, 15) is 0 Å². The van der Waals surface area contributed by atoms with Gasteiger partial charge in [-0.3, -0.25) is 0 Å². The van der Waals surface area contributed by atoms with Crippen molar-refractivity contribution in [2.24, 2.45) is 4.99 Å². The molecular weight excluding hydrogens is 357 g/mol. The van der Waals surface area contributed by atoms with Gasteiger partial charge in [0.1, 0.15) is 0 Å². The maximum Gasteiger partial charge on any atom is 0.0737 e. The van der Waals surface area contributed by atoms with Crippen LogP contribution >= 0.6 is 6.89 Å². The van der Waals surface area contributed by atoms with Crippen LogP contribution in [0.1, 0.15) is 0 Å². The Hall–Kier alpha value is -3.33. The lowest BCUT2D eigenvalue weighted by atomic mass is 10.3. The summed E-state index contributed by atoms with van der Waals surface area (Å²) in [6.45, 7) is -2.15. The molecule has 0 aliphatic heterocycles. The van der Waals surface area contributed by atoms with Gasteiger partial charge in [-0.25, -0.2) is 0 Å². The number of benzene rings is 4. The Morgan fingerprint density at radius 2 is 0.821 bits per heavy atom. The second-order valence-electron chi connectivity index (χ2n) is 6.35. The highest BCUT2D eigenvalue weighted by Crippen LogP contribution is 2.42. The summed E-state index contributed by atoms with van der Waals surface area (Å²) in [4.78, 5) is 4.53. The monoisotopic (exact) mass is 377 g/mol. The summed E-state index contributed by atoms with van der Waals surface area (Å²) in [6, 6.07) is 41.7. The fourth-order valence-corrected chi connectivity index (χ4v) is 6.60. The molecule has 0 aliphatic carbocycles. The minimum Gasteiger partial charge on any atom is -0.198 e. The molecule has 134 valence electrons. The van der Waals surface area contributed by atoms with Crippen molar-refractivity contribution in [3.05, 3.63) is 121 Å². The lowest BCUT2D eigenvalue weighted by Crippen LogP contribution is -2.25. The Balaban J connectivity index is 2.11. The van der Waals surface area contributed by atoms with Crippen LogP contribution in [0.25, 0.3) is 0 Å². The summed E-state index contributed by atoms with van der Waals surface area (Å²) < 4.78 is 0. The Labute approximate surface area is 166 Å². The molecule has 0 fully saturated rings. The van der Waals surface area contributed by atoms with E-state index in [0.29, 0.717) is 0 Å². The smallest absolute Gasteiger partial charge is 0.0737 e. The molecule has 0 unspecified atom stereocenters. The predicted molar refractivity (Wildman–Crippen MR) is 124 cm³/mol. The van der Waals surface area contributed by atoms with E-state index in [1.807, 2.05) is 30.3 Å². The standard InChI is InChI=1S/C26H20NP/c1-5-13-23(14-6-1)27-21-22-28(24-15-7-2-8-16-24,25-17-9-3-10-18-25)26-19-11-4-12-20-26/h1-20H. The van der Waals surface area contributed by atoms with E-state index < -0.39 is 6.89 Å². The number of hydrogen-bond donors (Lipinski definition) is 0. The minimum absolute atomic E-state index is 0.877. The maximum atomic E-state index is 4.53. The molecule has 4 aromatic carbocycles. The van der Waals surface area contributed by atoms with Gasteiger partial charge >= 0.3 is 0 Å². The minimum atomic E-state index is -2.15. The second-order valence-corrected chi connectivity index (χ2v) is 9.46. The Morgan fingerprint density at radius 1 is 0.464 bits per heavy atom. The topological polar surface area (TPSA) is 12.4 Å². The molecule has 4 rings (SSSR count). The average molecular weight is 377 g/mol. The van der Waals surface area contributed by atoms with Crippen LogP contribution in [0.2, 0.25) is 0 Å². The van der Waals surface area contributed by atoms with E-state index >= 15 is 0 Å². The number of para-hydroxylation sites is 1. The molecule has 1 nitrogen and oxygen atoms in total. The molecule has 0 amide bonds. The second kappa shape index (κ2) is 8.57. The fraction of sp³-hybridized carbons (Fsp3) is 0. The zero-order valence-electron chi connectivity index (χ0n) is 15.4. The molecule has 0 spiro atoms. The van der Waals surface area contributed by atoms with Gasteiger partial charge in [-0.05, 0) is 33.5 Å². The lowest BCUT2D eigenvalue weighted by Gasteiger charge is -2.25. The molecule has 0 heterocycles. The Morgan fingerprint density at radius 3 is 1.21 bits per heavy atom.